The molecule has 0 saturated heterocycles. The van der Waals surface area contributed by atoms with Gasteiger partial charge in [-0.15, -0.1) is 0 Å². The minimum Gasteiger partial charge on any atom is -0.388 e. The zero-order valence-electron chi connectivity index (χ0n) is 13.0. The highest BCUT2D eigenvalue weighted by Gasteiger charge is 2.11. The molecule has 0 spiro atoms. The van der Waals surface area contributed by atoms with Gasteiger partial charge in [-0.3, -0.25) is 0 Å². The Bertz CT molecular complexity index is 353. The average Bonchev–Trinajstić information content (AvgIpc) is 2.48. The summed E-state index contributed by atoms with van der Waals surface area (Å²) in [5.74, 6) is 1.87. The van der Waals surface area contributed by atoms with Crippen molar-refractivity contribution in [3.63, 3.8) is 0 Å². The van der Waals surface area contributed by atoms with Crippen LogP contribution in [0.15, 0.2) is 42.6 Å². The fourth-order valence-corrected chi connectivity index (χ4v) is 2.88. The molecule has 0 heterocycles. The predicted octanol–water partition coefficient (Wildman–Crippen LogP) is 4.89. The molecule has 1 rings (SSSR count). The third-order valence-corrected chi connectivity index (χ3v) is 4.32. The molecule has 0 aromatic heterocycles. The van der Waals surface area contributed by atoms with Crippen LogP contribution in [-0.4, -0.2) is 18.6 Å². The Balaban J connectivity index is 2.32. The van der Waals surface area contributed by atoms with Gasteiger partial charge in [0.1, 0.15) is 0 Å². The fraction of sp³-hybridized carbons (Fsp3) is 0.556. The largest absolute Gasteiger partial charge is 0.388 e. The lowest BCUT2D eigenvalue weighted by Crippen LogP contribution is -2.22. The van der Waals surface area contributed by atoms with Gasteiger partial charge in [0.05, 0.1) is 0 Å². The van der Waals surface area contributed by atoms with Crippen molar-refractivity contribution in [3.8, 4) is 0 Å². The SMILES string of the molecule is C=C(NCCc1ccccc1)C(CCCC)CCSC. The molecule has 1 aromatic carbocycles. The maximum Gasteiger partial charge on any atom is 0.0184 e. The van der Waals surface area contributed by atoms with E-state index in [9.17, 15) is 0 Å². The monoisotopic (exact) mass is 291 g/mol. The molecule has 0 amide bonds. The van der Waals surface area contributed by atoms with E-state index in [0.717, 1.165) is 13.0 Å². The molecule has 0 saturated carbocycles. The Morgan fingerprint density at radius 2 is 2.00 bits per heavy atom. The zero-order chi connectivity index (χ0) is 14.6. The Hall–Kier alpha value is -0.890. The van der Waals surface area contributed by atoms with Gasteiger partial charge in [-0.05, 0) is 42.8 Å². The van der Waals surface area contributed by atoms with E-state index in [0.29, 0.717) is 5.92 Å². The van der Waals surface area contributed by atoms with Crippen LogP contribution in [0.4, 0.5) is 0 Å². The number of allylic oxidation sites excluding steroid dienone is 1. The van der Waals surface area contributed by atoms with Gasteiger partial charge in [-0.25, -0.2) is 0 Å². The van der Waals surface area contributed by atoms with Crippen molar-refractivity contribution in [2.45, 2.75) is 39.0 Å². The standard InChI is InChI=1S/C18H29NS/c1-4-5-11-18(13-15-20-3)16(2)19-14-12-17-9-7-6-8-10-17/h6-10,18-19H,2,4-5,11-15H2,1,3H3. The van der Waals surface area contributed by atoms with Crippen molar-refractivity contribution in [1.82, 2.24) is 5.32 Å². The third kappa shape index (κ3) is 7.04. The second-order valence-electron chi connectivity index (χ2n) is 5.31. The van der Waals surface area contributed by atoms with Gasteiger partial charge in [0.25, 0.3) is 0 Å². The molecule has 1 N–H and O–H groups in total. The summed E-state index contributed by atoms with van der Waals surface area (Å²) in [4.78, 5) is 0. The van der Waals surface area contributed by atoms with E-state index in [1.165, 1.54) is 42.7 Å². The molecular weight excluding hydrogens is 262 g/mol. The van der Waals surface area contributed by atoms with E-state index in [1.807, 2.05) is 11.8 Å². The summed E-state index contributed by atoms with van der Waals surface area (Å²) < 4.78 is 0. The van der Waals surface area contributed by atoms with Crippen LogP contribution in [0.3, 0.4) is 0 Å². The summed E-state index contributed by atoms with van der Waals surface area (Å²) in [5, 5.41) is 3.55. The third-order valence-electron chi connectivity index (χ3n) is 3.68. The summed E-state index contributed by atoms with van der Waals surface area (Å²) in [6.07, 6.45) is 8.35. The highest BCUT2D eigenvalue weighted by molar-refractivity contribution is 7.98. The van der Waals surface area contributed by atoms with Crippen molar-refractivity contribution in [2.75, 3.05) is 18.6 Å². The lowest BCUT2D eigenvalue weighted by molar-refractivity contribution is 0.488. The Morgan fingerprint density at radius 1 is 1.25 bits per heavy atom. The normalized spacial score (nSPS) is 12.1. The van der Waals surface area contributed by atoms with Gasteiger partial charge in [0.15, 0.2) is 0 Å². The topological polar surface area (TPSA) is 12.0 Å². The quantitative estimate of drug-likeness (QED) is 0.623. The molecule has 0 aliphatic carbocycles. The van der Waals surface area contributed by atoms with E-state index >= 15 is 0 Å². The first-order valence-corrected chi connectivity index (χ1v) is 9.12. The van der Waals surface area contributed by atoms with Gasteiger partial charge in [0.2, 0.25) is 0 Å². The van der Waals surface area contributed by atoms with Crippen LogP contribution in [0.5, 0.6) is 0 Å². The Labute approximate surface area is 129 Å². The highest BCUT2D eigenvalue weighted by atomic mass is 32.2. The Morgan fingerprint density at radius 3 is 2.65 bits per heavy atom. The summed E-state index contributed by atoms with van der Waals surface area (Å²) in [5.41, 5.74) is 2.63. The first-order chi connectivity index (χ1) is 9.77. The predicted molar refractivity (Wildman–Crippen MR) is 93.3 cm³/mol. The zero-order valence-corrected chi connectivity index (χ0v) is 13.8. The number of hydrogen-bond acceptors (Lipinski definition) is 2. The molecule has 1 unspecified atom stereocenters. The van der Waals surface area contributed by atoms with E-state index in [2.05, 4.69) is 55.4 Å². The van der Waals surface area contributed by atoms with Crippen molar-refractivity contribution in [2.24, 2.45) is 5.92 Å². The van der Waals surface area contributed by atoms with Gasteiger partial charge in [-0.1, -0.05) is 56.7 Å². The van der Waals surface area contributed by atoms with Gasteiger partial charge < -0.3 is 5.32 Å². The second kappa shape index (κ2) is 10.8. The van der Waals surface area contributed by atoms with E-state index < -0.39 is 0 Å². The average molecular weight is 292 g/mol. The number of nitrogens with one attached hydrogen (secondary N) is 1. The number of rotatable bonds is 11. The summed E-state index contributed by atoms with van der Waals surface area (Å²) in [7, 11) is 0. The Kier molecular flexibility index (Phi) is 9.31. The van der Waals surface area contributed by atoms with Gasteiger partial charge >= 0.3 is 0 Å². The molecule has 1 atom stereocenters. The summed E-state index contributed by atoms with van der Waals surface area (Å²) in [6.45, 7) is 7.52. The number of unbranched alkanes of at least 4 members (excludes halogenated alkanes) is 1. The lowest BCUT2D eigenvalue weighted by Gasteiger charge is -2.20. The van der Waals surface area contributed by atoms with Crippen LogP contribution < -0.4 is 5.32 Å². The summed E-state index contributed by atoms with van der Waals surface area (Å²) in [6, 6.07) is 10.7. The molecule has 0 bridgehead atoms. The maximum absolute atomic E-state index is 4.27. The second-order valence-corrected chi connectivity index (χ2v) is 6.29. The molecule has 1 aromatic rings. The molecule has 1 nitrogen and oxygen atoms in total. The molecule has 0 aliphatic rings. The van der Waals surface area contributed by atoms with E-state index in [-0.39, 0.29) is 0 Å². The van der Waals surface area contributed by atoms with Crippen molar-refractivity contribution in [1.29, 1.82) is 0 Å². The molecule has 20 heavy (non-hydrogen) atoms. The first-order valence-electron chi connectivity index (χ1n) is 7.73. The molecule has 2 heteroatoms. The number of thioether (sulfide) groups is 1. The molecule has 0 aliphatic heterocycles. The van der Waals surface area contributed by atoms with Crippen LogP contribution in [0, 0.1) is 5.92 Å². The molecule has 0 fully saturated rings. The minimum atomic E-state index is 0.637. The lowest BCUT2D eigenvalue weighted by atomic mass is 9.96. The molecule has 0 radical (unpaired) electrons. The van der Waals surface area contributed by atoms with Gasteiger partial charge in [0, 0.05) is 12.2 Å². The molecule has 112 valence electrons. The molecular formula is C18H29NS. The van der Waals surface area contributed by atoms with E-state index in [4.69, 9.17) is 0 Å². The van der Waals surface area contributed by atoms with E-state index in [1.54, 1.807) is 0 Å². The van der Waals surface area contributed by atoms with Crippen LogP contribution >= 0.6 is 11.8 Å². The minimum absolute atomic E-state index is 0.637. The smallest absolute Gasteiger partial charge is 0.0184 e. The number of hydrogen-bond donors (Lipinski definition) is 1. The summed E-state index contributed by atoms with van der Waals surface area (Å²) >= 11 is 1.93. The highest BCUT2D eigenvalue weighted by Crippen LogP contribution is 2.20. The van der Waals surface area contributed by atoms with Crippen LogP contribution in [0.2, 0.25) is 0 Å². The van der Waals surface area contributed by atoms with Crippen molar-refractivity contribution < 1.29 is 0 Å². The van der Waals surface area contributed by atoms with Crippen molar-refractivity contribution >= 4 is 11.8 Å². The fourth-order valence-electron chi connectivity index (χ4n) is 2.36. The van der Waals surface area contributed by atoms with Crippen LogP contribution in [0.1, 0.15) is 38.2 Å². The number of benzene rings is 1. The van der Waals surface area contributed by atoms with Gasteiger partial charge in [-0.2, -0.15) is 11.8 Å². The maximum atomic E-state index is 4.27. The van der Waals surface area contributed by atoms with Crippen molar-refractivity contribution in [3.05, 3.63) is 48.2 Å². The van der Waals surface area contributed by atoms with Crippen LogP contribution in [0.25, 0.3) is 0 Å². The van der Waals surface area contributed by atoms with Crippen LogP contribution in [-0.2, 0) is 6.42 Å². The first kappa shape index (κ1) is 17.2.